The Bertz CT molecular complexity index is 1780. The fourth-order valence-electron chi connectivity index (χ4n) is 5.99. The van der Waals surface area contributed by atoms with Crippen LogP contribution < -0.4 is 19.9 Å². The molecule has 11 heteroatoms. The quantitative estimate of drug-likeness (QED) is 0.323. The number of aromatic nitrogens is 1. The molecular weight excluding hydrogens is 576 g/mol. The molecule has 0 radical (unpaired) electrons. The van der Waals surface area contributed by atoms with Crippen molar-refractivity contribution in [2.45, 2.75) is 29.5 Å². The van der Waals surface area contributed by atoms with Crippen LogP contribution in [-0.4, -0.2) is 48.5 Å². The number of fused-ring (bicyclic) bond motifs is 4. The van der Waals surface area contributed by atoms with Crippen LogP contribution in [-0.2, 0) is 17.1 Å². The van der Waals surface area contributed by atoms with E-state index >= 15 is 4.39 Å². The molecule has 2 atom stereocenters. The Hall–Kier alpha value is -4.35. The number of hydrogen-bond donors (Lipinski definition) is 0. The Balaban J connectivity index is 1.41. The SMILES string of the molecule is COc1ccc(COc2c3n(ccc2=O)N([C@@H]2c4ccccc4SCc4c2ccc(F)c4F)[C@@H]2COCCN2C3=O)cc1. The minimum absolute atomic E-state index is 0.0479. The molecule has 0 aliphatic carbocycles. The number of ether oxygens (including phenoxy) is 3. The Morgan fingerprint density at radius 1 is 1.00 bits per heavy atom. The number of rotatable bonds is 5. The van der Waals surface area contributed by atoms with Crippen molar-refractivity contribution in [2.24, 2.45) is 0 Å². The Labute approximate surface area is 250 Å². The summed E-state index contributed by atoms with van der Waals surface area (Å²) >= 11 is 1.43. The highest BCUT2D eigenvalue weighted by molar-refractivity contribution is 7.98. The topological polar surface area (TPSA) is 73.2 Å². The van der Waals surface area contributed by atoms with E-state index in [0.29, 0.717) is 17.9 Å². The molecule has 43 heavy (non-hydrogen) atoms. The normalized spacial score (nSPS) is 19.1. The first-order valence-corrected chi connectivity index (χ1v) is 14.8. The second-order valence-corrected chi connectivity index (χ2v) is 11.4. The van der Waals surface area contributed by atoms with Gasteiger partial charge < -0.3 is 19.1 Å². The van der Waals surface area contributed by atoms with Crippen LogP contribution in [0.3, 0.4) is 0 Å². The van der Waals surface area contributed by atoms with E-state index in [2.05, 4.69) is 0 Å². The van der Waals surface area contributed by atoms with Crippen LogP contribution >= 0.6 is 11.8 Å². The highest BCUT2D eigenvalue weighted by atomic mass is 32.2. The average molecular weight is 604 g/mol. The highest BCUT2D eigenvalue weighted by Crippen LogP contribution is 2.45. The third-order valence-corrected chi connectivity index (χ3v) is 9.19. The van der Waals surface area contributed by atoms with Crippen molar-refractivity contribution in [3.05, 3.63) is 123 Å². The zero-order valence-electron chi connectivity index (χ0n) is 23.2. The second-order valence-electron chi connectivity index (χ2n) is 10.4. The molecule has 3 aromatic carbocycles. The lowest BCUT2D eigenvalue weighted by Gasteiger charge is -2.51. The maximum absolute atomic E-state index is 15.4. The Kier molecular flexibility index (Phi) is 7.06. The molecule has 3 aliphatic heterocycles. The summed E-state index contributed by atoms with van der Waals surface area (Å²) in [7, 11) is 1.58. The summed E-state index contributed by atoms with van der Waals surface area (Å²) in [6.45, 7) is 0.841. The van der Waals surface area contributed by atoms with Gasteiger partial charge in [0.15, 0.2) is 23.1 Å². The monoisotopic (exact) mass is 603 g/mol. The zero-order valence-corrected chi connectivity index (χ0v) is 24.0. The lowest BCUT2D eigenvalue weighted by Crippen LogP contribution is -2.66. The molecule has 1 fully saturated rings. The average Bonchev–Trinajstić information content (AvgIpc) is 3.20. The van der Waals surface area contributed by atoms with Crippen LogP contribution in [0.4, 0.5) is 8.78 Å². The van der Waals surface area contributed by atoms with Crippen molar-refractivity contribution in [3.8, 4) is 11.5 Å². The van der Waals surface area contributed by atoms with Gasteiger partial charge in [-0.05, 0) is 41.0 Å². The van der Waals surface area contributed by atoms with Gasteiger partial charge >= 0.3 is 0 Å². The molecule has 220 valence electrons. The summed E-state index contributed by atoms with van der Waals surface area (Å²) in [4.78, 5) is 29.9. The summed E-state index contributed by atoms with van der Waals surface area (Å²) in [6, 6.07) is 18.4. The van der Waals surface area contributed by atoms with E-state index in [1.165, 1.54) is 17.8 Å². The third kappa shape index (κ3) is 4.63. The van der Waals surface area contributed by atoms with Crippen molar-refractivity contribution in [1.82, 2.24) is 9.58 Å². The minimum Gasteiger partial charge on any atom is -0.497 e. The maximum Gasteiger partial charge on any atom is 0.278 e. The molecule has 1 aromatic heterocycles. The number of morpholine rings is 1. The number of thioether (sulfide) groups is 1. The molecule has 8 nitrogen and oxygen atoms in total. The van der Waals surface area contributed by atoms with Crippen molar-refractivity contribution < 1.29 is 27.8 Å². The van der Waals surface area contributed by atoms with E-state index in [1.54, 1.807) is 41.1 Å². The lowest BCUT2D eigenvalue weighted by molar-refractivity contribution is -0.0199. The standard InChI is InChI=1S/C32H27F2N3O5S/c1-40-20-8-6-19(7-9-20)16-42-31-25(38)12-13-36-30(31)32(39)35-14-15-41-17-27(35)37(36)29-21-10-11-24(33)28(34)23(21)18-43-26-5-3-2-4-22(26)29/h2-13,27,29H,14-18H2,1H3/t27-,29+/m1/s1. The van der Waals surface area contributed by atoms with Gasteiger partial charge in [0, 0.05) is 35.0 Å². The van der Waals surface area contributed by atoms with E-state index in [4.69, 9.17) is 14.2 Å². The molecule has 1 amide bonds. The van der Waals surface area contributed by atoms with E-state index in [9.17, 15) is 14.0 Å². The number of amides is 1. The molecule has 0 unspecified atom stereocenters. The van der Waals surface area contributed by atoms with Gasteiger partial charge in [-0.2, -0.15) is 0 Å². The number of benzene rings is 3. The molecular formula is C32H27F2N3O5S. The fourth-order valence-corrected chi connectivity index (χ4v) is 7.10. The van der Waals surface area contributed by atoms with Gasteiger partial charge in [0.25, 0.3) is 5.91 Å². The van der Waals surface area contributed by atoms with Gasteiger partial charge in [-0.3, -0.25) is 19.3 Å². The van der Waals surface area contributed by atoms with E-state index in [-0.39, 0.29) is 48.4 Å². The van der Waals surface area contributed by atoms with Crippen LogP contribution in [0.5, 0.6) is 11.5 Å². The van der Waals surface area contributed by atoms with E-state index in [0.717, 1.165) is 22.1 Å². The predicted molar refractivity (Wildman–Crippen MR) is 156 cm³/mol. The number of carbonyl (C=O) groups is 1. The highest BCUT2D eigenvalue weighted by Gasteiger charge is 2.46. The van der Waals surface area contributed by atoms with Crippen LogP contribution in [0, 0.1) is 11.6 Å². The van der Waals surface area contributed by atoms with Gasteiger partial charge in [-0.25, -0.2) is 8.78 Å². The fraction of sp³-hybridized carbons (Fsp3) is 0.250. The lowest BCUT2D eigenvalue weighted by atomic mass is 9.93. The zero-order chi connectivity index (χ0) is 29.7. The van der Waals surface area contributed by atoms with E-state index in [1.807, 2.05) is 41.4 Å². The first-order chi connectivity index (χ1) is 21.0. The number of halogens is 2. The molecule has 1 saturated heterocycles. The van der Waals surface area contributed by atoms with Crippen molar-refractivity contribution in [1.29, 1.82) is 0 Å². The third-order valence-electron chi connectivity index (χ3n) is 8.08. The van der Waals surface area contributed by atoms with E-state index < -0.39 is 29.3 Å². The number of carbonyl (C=O) groups excluding carboxylic acids is 1. The van der Waals surface area contributed by atoms with Gasteiger partial charge in [0.05, 0.1) is 26.4 Å². The minimum atomic E-state index is -0.918. The van der Waals surface area contributed by atoms with Gasteiger partial charge in [0.2, 0.25) is 5.43 Å². The molecule has 0 spiro atoms. The first-order valence-electron chi connectivity index (χ1n) is 13.8. The Morgan fingerprint density at radius 3 is 2.63 bits per heavy atom. The van der Waals surface area contributed by atoms with Crippen LogP contribution in [0.2, 0.25) is 0 Å². The molecule has 0 saturated carbocycles. The molecule has 0 N–H and O–H groups in total. The summed E-state index contributed by atoms with van der Waals surface area (Å²) in [5, 5.41) is 1.93. The van der Waals surface area contributed by atoms with Gasteiger partial charge in [0.1, 0.15) is 18.5 Å². The number of nitrogens with zero attached hydrogens (tertiary/aromatic N) is 3. The largest absolute Gasteiger partial charge is 0.497 e. The van der Waals surface area contributed by atoms with Gasteiger partial charge in [-0.1, -0.05) is 36.4 Å². The summed E-state index contributed by atoms with van der Waals surface area (Å²) < 4.78 is 48.7. The number of hydrogen-bond acceptors (Lipinski definition) is 7. The van der Waals surface area contributed by atoms with Crippen molar-refractivity contribution in [2.75, 3.05) is 31.9 Å². The number of methoxy groups -OCH3 is 1. The van der Waals surface area contributed by atoms with Crippen LogP contribution in [0.15, 0.2) is 82.6 Å². The molecule has 4 aromatic rings. The second kappa shape index (κ2) is 11.1. The first kappa shape index (κ1) is 27.5. The van der Waals surface area contributed by atoms with Crippen LogP contribution in [0.25, 0.3) is 0 Å². The smallest absolute Gasteiger partial charge is 0.278 e. The summed E-state index contributed by atoms with van der Waals surface area (Å²) in [5.41, 5.74) is 2.10. The summed E-state index contributed by atoms with van der Waals surface area (Å²) in [5.74, 6) is -1.34. The summed E-state index contributed by atoms with van der Waals surface area (Å²) in [6.07, 6.45) is 0.954. The Morgan fingerprint density at radius 2 is 1.81 bits per heavy atom. The molecule has 7 rings (SSSR count). The molecule has 0 bridgehead atoms. The van der Waals surface area contributed by atoms with Crippen LogP contribution in [0.1, 0.15) is 38.8 Å². The van der Waals surface area contributed by atoms with Crippen molar-refractivity contribution in [3.63, 3.8) is 0 Å². The maximum atomic E-state index is 15.4. The van der Waals surface area contributed by atoms with Crippen molar-refractivity contribution >= 4 is 17.7 Å². The molecule has 3 aliphatic rings. The predicted octanol–water partition coefficient (Wildman–Crippen LogP) is 4.86. The van der Waals surface area contributed by atoms with Gasteiger partial charge in [-0.15, -0.1) is 11.8 Å². The number of pyridine rings is 1. The molecule has 4 heterocycles.